The van der Waals surface area contributed by atoms with Gasteiger partial charge in [0.05, 0.1) is 5.92 Å². The van der Waals surface area contributed by atoms with Crippen LogP contribution in [0.3, 0.4) is 0 Å². The number of carboxylic acid groups (broad SMARTS) is 1. The number of nitrogens with one attached hydrogen (secondary N) is 1. The van der Waals surface area contributed by atoms with E-state index < -0.39 is 0 Å². The van der Waals surface area contributed by atoms with E-state index in [1.807, 2.05) is 18.2 Å². The molecule has 11 heteroatoms. The number of amides is 1. The van der Waals surface area contributed by atoms with Crippen molar-refractivity contribution in [2.75, 3.05) is 37.6 Å². The molecule has 1 unspecified atom stereocenters. The molecule has 2 aromatic heterocycles. The van der Waals surface area contributed by atoms with E-state index in [2.05, 4.69) is 35.7 Å². The zero-order valence-corrected chi connectivity index (χ0v) is 23.6. The summed E-state index contributed by atoms with van der Waals surface area (Å²) in [6, 6.07) is 8.09. The van der Waals surface area contributed by atoms with E-state index in [1.165, 1.54) is 18.4 Å². The van der Waals surface area contributed by atoms with Crippen molar-refractivity contribution in [1.82, 2.24) is 29.7 Å². The zero-order chi connectivity index (χ0) is 27.9. The van der Waals surface area contributed by atoms with Gasteiger partial charge in [-0.25, -0.2) is 15.0 Å². The molecular weight excluding hydrogens is 530 g/mol. The molecule has 0 aliphatic carbocycles. The molecule has 0 radical (unpaired) electrons. The fraction of sp³-hybridized carbons (Fsp3) is 0.552. The third kappa shape index (κ3) is 6.55. The number of carbonyl (C=O) groups is 2. The van der Waals surface area contributed by atoms with Crippen molar-refractivity contribution >= 4 is 41.0 Å². The fourth-order valence-corrected chi connectivity index (χ4v) is 6.36. The van der Waals surface area contributed by atoms with Gasteiger partial charge in [-0.2, -0.15) is 0 Å². The maximum atomic E-state index is 13.2. The van der Waals surface area contributed by atoms with Gasteiger partial charge in [-0.3, -0.25) is 14.5 Å². The minimum absolute atomic E-state index is 0.0173. The van der Waals surface area contributed by atoms with Crippen molar-refractivity contribution in [3.05, 3.63) is 47.0 Å². The van der Waals surface area contributed by atoms with Crippen molar-refractivity contribution in [3.8, 4) is 0 Å². The van der Waals surface area contributed by atoms with E-state index >= 15 is 0 Å². The average Bonchev–Trinajstić information content (AvgIpc) is 3.37. The van der Waals surface area contributed by atoms with Crippen LogP contribution in [0.1, 0.15) is 49.9 Å². The predicted molar refractivity (Wildman–Crippen MR) is 154 cm³/mol. The number of hydrogen-bond acceptors (Lipinski definition) is 7. The predicted octanol–water partition coefficient (Wildman–Crippen LogP) is 3.76. The Bertz CT molecular complexity index is 1310. The number of aromatic nitrogens is 4. The van der Waals surface area contributed by atoms with E-state index in [-0.39, 0.29) is 18.3 Å². The highest BCUT2D eigenvalue weighted by atomic mass is 35.5. The highest BCUT2D eigenvalue weighted by Gasteiger charge is 2.30. The second-order valence-corrected chi connectivity index (χ2v) is 11.4. The van der Waals surface area contributed by atoms with Crippen LogP contribution >= 0.6 is 11.6 Å². The molecule has 10 nitrogen and oxygen atoms in total. The maximum Gasteiger partial charge on any atom is 0.290 e. The van der Waals surface area contributed by atoms with Crippen molar-refractivity contribution in [3.63, 3.8) is 0 Å². The number of hydrogen-bond donors (Lipinski definition) is 2. The van der Waals surface area contributed by atoms with E-state index in [1.54, 1.807) is 6.33 Å². The number of nitrogens with zero attached hydrogens (tertiary/aromatic N) is 6. The first-order valence-corrected chi connectivity index (χ1v) is 14.7. The molecule has 2 saturated heterocycles. The Morgan fingerprint density at radius 2 is 1.88 bits per heavy atom. The molecule has 3 aliphatic heterocycles. The average molecular weight is 568 g/mol. The first-order chi connectivity index (χ1) is 19.6. The minimum atomic E-state index is -0.250. The Morgan fingerprint density at radius 3 is 2.67 bits per heavy atom. The van der Waals surface area contributed by atoms with Crippen LogP contribution in [0.2, 0.25) is 5.02 Å². The van der Waals surface area contributed by atoms with Gasteiger partial charge in [-0.15, -0.1) is 0 Å². The lowest BCUT2D eigenvalue weighted by molar-refractivity contribution is -0.125. The molecule has 5 heterocycles. The van der Waals surface area contributed by atoms with Crippen LogP contribution in [0.25, 0.3) is 11.2 Å². The van der Waals surface area contributed by atoms with Crippen LogP contribution in [0.4, 0.5) is 5.82 Å². The number of anilines is 1. The number of rotatable bonds is 6. The molecule has 1 aromatic carbocycles. The third-order valence-corrected chi connectivity index (χ3v) is 8.71. The van der Waals surface area contributed by atoms with Crippen LogP contribution < -0.4 is 10.2 Å². The summed E-state index contributed by atoms with van der Waals surface area (Å²) in [5.41, 5.74) is 3.02. The molecule has 0 bridgehead atoms. The summed E-state index contributed by atoms with van der Waals surface area (Å²) in [6.45, 7) is 6.07. The molecule has 0 saturated carbocycles. The summed E-state index contributed by atoms with van der Waals surface area (Å²) in [5, 5.41) is 11.0. The summed E-state index contributed by atoms with van der Waals surface area (Å²) in [5.74, 6) is 2.70. The van der Waals surface area contributed by atoms with Gasteiger partial charge in [0.15, 0.2) is 17.0 Å². The second-order valence-electron chi connectivity index (χ2n) is 11.0. The van der Waals surface area contributed by atoms with E-state index in [9.17, 15) is 4.79 Å². The van der Waals surface area contributed by atoms with Crippen molar-refractivity contribution in [2.45, 2.75) is 58.0 Å². The number of aryl methyl sites for hydroxylation is 2. The van der Waals surface area contributed by atoms with Gasteiger partial charge < -0.3 is 19.9 Å². The second kappa shape index (κ2) is 13.4. The third-order valence-electron chi connectivity index (χ3n) is 8.34. The molecule has 3 aliphatic rings. The first-order valence-electron chi connectivity index (χ1n) is 14.3. The Balaban J connectivity index is 0.00000103. The van der Waals surface area contributed by atoms with Crippen LogP contribution in [-0.4, -0.2) is 74.6 Å². The minimum Gasteiger partial charge on any atom is -0.483 e. The molecule has 6 rings (SSSR count). The Kier molecular flexibility index (Phi) is 9.49. The van der Waals surface area contributed by atoms with E-state index in [4.69, 9.17) is 26.5 Å². The maximum absolute atomic E-state index is 13.2. The summed E-state index contributed by atoms with van der Waals surface area (Å²) < 4.78 is 2.25. The normalized spacial score (nSPS) is 19.9. The SMILES string of the molecule is O=C(NCC1CCN(Cc2ccccc2Cl)CC1)C1CCCN(c2ncnc3c2nc2n3CCCC2)C1.O=CO. The van der Waals surface area contributed by atoms with E-state index in [0.717, 1.165) is 99.2 Å². The topological polar surface area (TPSA) is 116 Å². The van der Waals surface area contributed by atoms with Crippen LogP contribution in [0.5, 0.6) is 0 Å². The highest BCUT2D eigenvalue weighted by molar-refractivity contribution is 6.31. The Morgan fingerprint density at radius 1 is 1.07 bits per heavy atom. The van der Waals surface area contributed by atoms with E-state index in [0.29, 0.717) is 12.5 Å². The molecular formula is C29H38ClN7O3. The van der Waals surface area contributed by atoms with Gasteiger partial charge in [0.2, 0.25) is 5.91 Å². The lowest BCUT2D eigenvalue weighted by atomic mass is 9.94. The fourth-order valence-electron chi connectivity index (χ4n) is 6.17. The summed E-state index contributed by atoms with van der Waals surface area (Å²) in [4.78, 5) is 40.3. The molecule has 3 aromatic rings. The summed E-state index contributed by atoms with van der Waals surface area (Å²) >= 11 is 6.34. The molecule has 2 N–H and O–H groups in total. The number of fused-ring (bicyclic) bond motifs is 3. The van der Waals surface area contributed by atoms with Crippen molar-refractivity contribution < 1.29 is 14.7 Å². The molecule has 214 valence electrons. The molecule has 1 atom stereocenters. The Hall–Kier alpha value is -3.24. The van der Waals surface area contributed by atoms with Gasteiger partial charge in [0.25, 0.3) is 6.47 Å². The van der Waals surface area contributed by atoms with Gasteiger partial charge in [0.1, 0.15) is 12.2 Å². The number of likely N-dealkylation sites (tertiary alicyclic amines) is 1. The highest BCUT2D eigenvalue weighted by Crippen LogP contribution is 2.30. The number of imidazole rings is 1. The van der Waals surface area contributed by atoms with Crippen LogP contribution in [0, 0.1) is 11.8 Å². The van der Waals surface area contributed by atoms with Crippen LogP contribution in [-0.2, 0) is 29.1 Å². The molecule has 40 heavy (non-hydrogen) atoms. The quantitative estimate of drug-likeness (QED) is 0.433. The van der Waals surface area contributed by atoms with Gasteiger partial charge in [0, 0.05) is 44.2 Å². The van der Waals surface area contributed by atoms with Crippen LogP contribution in [0.15, 0.2) is 30.6 Å². The monoisotopic (exact) mass is 567 g/mol. The number of benzene rings is 1. The summed E-state index contributed by atoms with van der Waals surface area (Å²) in [7, 11) is 0. The smallest absolute Gasteiger partial charge is 0.290 e. The molecule has 1 amide bonds. The largest absolute Gasteiger partial charge is 0.483 e. The van der Waals surface area contributed by atoms with Crippen molar-refractivity contribution in [1.29, 1.82) is 0 Å². The lowest BCUT2D eigenvalue weighted by Crippen LogP contribution is -2.45. The Labute approximate surface area is 239 Å². The molecule has 0 spiro atoms. The zero-order valence-electron chi connectivity index (χ0n) is 22.8. The number of halogens is 1. The molecule has 2 fully saturated rings. The number of carbonyl (C=O) groups excluding carboxylic acids is 1. The number of piperidine rings is 2. The first kappa shape index (κ1) is 28.3. The summed E-state index contributed by atoms with van der Waals surface area (Å²) in [6.07, 6.45) is 9.12. The van der Waals surface area contributed by atoms with Gasteiger partial charge >= 0.3 is 0 Å². The lowest BCUT2D eigenvalue weighted by Gasteiger charge is -2.34. The standard InChI is InChI=1S/C28H36ClN7O.CH2O2/c29-23-8-2-1-6-21(23)17-34-14-10-20(11-15-34)16-30-28(37)22-7-5-12-35(18-22)26-25-27(32-19-31-26)36-13-4-3-9-24(36)33-25;2-1-3/h1-2,6,8,19-20,22H,3-5,7,9-18H2,(H,30,37);1H,(H,2,3). The van der Waals surface area contributed by atoms with Gasteiger partial charge in [-0.1, -0.05) is 29.8 Å². The van der Waals surface area contributed by atoms with Gasteiger partial charge in [-0.05, 0) is 69.2 Å². The van der Waals surface area contributed by atoms with Crippen molar-refractivity contribution in [2.24, 2.45) is 11.8 Å².